The second kappa shape index (κ2) is 9.79. The molecule has 0 rings (SSSR count). The van der Waals surface area contributed by atoms with E-state index in [1.165, 1.54) is 0 Å². The summed E-state index contributed by atoms with van der Waals surface area (Å²) in [4.78, 5) is 2.47. The van der Waals surface area contributed by atoms with Crippen LogP contribution in [0.3, 0.4) is 0 Å². The molecule has 0 unspecified atom stereocenters. The molecule has 0 bridgehead atoms. The standard InChI is InChI=1S/C12H31N5/c1-12(2,3)17(10-8-15-6-4-13)11-9-16-7-5-14/h15-16H,4-11,13-14H2,1-3H3. The Hall–Kier alpha value is -0.200. The first-order valence-electron chi connectivity index (χ1n) is 6.59. The fourth-order valence-electron chi connectivity index (χ4n) is 1.66. The van der Waals surface area contributed by atoms with E-state index in [0.29, 0.717) is 13.1 Å². The van der Waals surface area contributed by atoms with Gasteiger partial charge in [0, 0.05) is 57.9 Å². The zero-order chi connectivity index (χ0) is 13.1. The quantitative estimate of drug-likeness (QED) is 0.378. The second-order valence-corrected chi connectivity index (χ2v) is 5.24. The molecule has 0 fully saturated rings. The van der Waals surface area contributed by atoms with Gasteiger partial charge < -0.3 is 22.1 Å². The molecule has 0 aliphatic heterocycles. The highest BCUT2D eigenvalue weighted by atomic mass is 15.2. The molecule has 0 aliphatic carbocycles. The molecule has 0 spiro atoms. The summed E-state index contributed by atoms with van der Waals surface area (Å²) in [6.07, 6.45) is 0. The summed E-state index contributed by atoms with van der Waals surface area (Å²) in [6.45, 7) is 14.0. The van der Waals surface area contributed by atoms with Gasteiger partial charge in [-0.15, -0.1) is 0 Å². The zero-order valence-electron chi connectivity index (χ0n) is 11.8. The minimum atomic E-state index is 0.203. The fourth-order valence-corrected chi connectivity index (χ4v) is 1.66. The highest BCUT2D eigenvalue weighted by Crippen LogP contribution is 2.11. The summed E-state index contributed by atoms with van der Waals surface area (Å²) in [7, 11) is 0. The Balaban J connectivity index is 3.81. The number of nitrogens with zero attached hydrogens (tertiary/aromatic N) is 1. The first-order chi connectivity index (χ1) is 8.02. The molecule has 5 nitrogen and oxygen atoms in total. The summed E-state index contributed by atoms with van der Waals surface area (Å²) in [5.74, 6) is 0. The van der Waals surface area contributed by atoms with Crippen molar-refractivity contribution in [2.75, 3.05) is 52.4 Å². The number of hydrogen-bond acceptors (Lipinski definition) is 5. The van der Waals surface area contributed by atoms with Gasteiger partial charge in [-0.2, -0.15) is 0 Å². The van der Waals surface area contributed by atoms with E-state index in [-0.39, 0.29) is 5.54 Å². The van der Waals surface area contributed by atoms with Crippen molar-refractivity contribution in [1.82, 2.24) is 15.5 Å². The zero-order valence-corrected chi connectivity index (χ0v) is 11.8. The van der Waals surface area contributed by atoms with E-state index >= 15 is 0 Å². The molecule has 0 saturated carbocycles. The second-order valence-electron chi connectivity index (χ2n) is 5.24. The van der Waals surface area contributed by atoms with Gasteiger partial charge in [-0.1, -0.05) is 0 Å². The average molecular weight is 245 g/mol. The fraction of sp³-hybridized carbons (Fsp3) is 1.00. The minimum absolute atomic E-state index is 0.203. The van der Waals surface area contributed by atoms with E-state index in [1.807, 2.05) is 0 Å². The number of hydrogen-bond donors (Lipinski definition) is 4. The lowest BCUT2D eigenvalue weighted by molar-refractivity contribution is 0.138. The molecule has 0 amide bonds. The van der Waals surface area contributed by atoms with Gasteiger partial charge in [-0.05, 0) is 20.8 Å². The summed E-state index contributed by atoms with van der Waals surface area (Å²) < 4.78 is 0. The molecule has 0 heterocycles. The van der Waals surface area contributed by atoms with Crippen molar-refractivity contribution in [2.24, 2.45) is 11.5 Å². The maximum Gasteiger partial charge on any atom is 0.0126 e. The molecule has 0 radical (unpaired) electrons. The molecule has 0 aliphatic rings. The molecule has 17 heavy (non-hydrogen) atoms. The van der Waals surface area contributed by atoms with Gasteiger partial charge in [0.15, 0.2) is 0 Å². The van der Waals surface area contributed by atoms with E-state index < -0.39 is 0 Å². The van der Waals surface area contributed by atoms with Crippen molar-refractivity contribution < 1.29 is 0 Å². The third kappa shape index (κ3) is 9.50. The first kappa shape index (κ1) is 16.8. The lowest BCUT2D eigenvalue weighted by atomic mass is 10.1. The Morgan fingerprint density at radius 1 is 0.824 bits per heavy atom. The van der Waals surface area contributed by atoms with Crippen molar-refractivity contribution >= 4 is 0 Å². The predicted octanol–water partition coefficient (Wildman–Crippen LogP) is -0.816. The Morgan fingerprint density at radius 3 is 1.53 bits per heavy atom. The van der Waals surface area contributed by atoms with Crippen LogP contribution in [0.15, 0.2) is 0 Å². The molecule has 0 aromatic carbocycles. The van der Waals surface area contributed by atoms with Gasteiger partial charge >= 0.3 is 0 Å². The Labute approximate surface area is 106 Å². The Kier molecular flexibility index (Phi) is 9.68. The van der Waals surface area contributed by atoms with Gasteiger partial charge in [0.2, 0.25) is 0 Å². The molecule has 0 atom stereocenters. The van der Waals surface area contributed by atoms with E-state index in [2.05, 4.69) is 36.3 Å². The van der Waals surface area contributed by atoms with Crippen LogP contribution >= 0.6 is 0 Å². The van der Waals surface area contributed by atoms with Crippen molar-refractivity contribution in [1.29, 1.82) is 0 Å². The van der Waals surface area contributed by atoms with Crippen LogP contribution in [0.25, 0.3) is 0 Å². The van der Waals surface area contributed by atoms with Crippen LogP contribution < -0.4 is 22.1 Å². The third-order valence-corrected chi connectivity index (χ3v) is 2.71. The van der Waals surface area contributed by atoms with Gasteiger partial charge in [-0.3, -0.25) is 4.90 Å². The number of nitrogens with one attached hydrogen (secondary N) is 2. The van der Waals surface area contributed by atoms with Crippen molar-refractivity contribution in [3.63, 3.8) is 0 Å². The highest BCUT2D eigenvalue weighted by Gasteiger charge is 2.19. The Morgan fingerprint density at radius 2 is 1.24 bits per heavy atom. The number of rotatable bonds is 10. The number of nitrogens with two attached hydrogens (primary N) is 2. The molecular formula is C12H31N5. The molecule has 104 valence electrons. The molecule has 5 heteroatoms. The smallest absolute Gasteiger partial charge is 0.0126 e. The van der Waals surface area contributed by atoms with Crippen LogP contribution in [0, 0.1) is 0 Å². The van der Waals surface area contributed by atoms with Crippen LogP contribution in [0.4, 0.5) is 0 Å². The summed E-state index contributed by atoms with van der Waals surface area (Å²) in [5, 5.41) is 6.66. The van der Waals surface area contributed by atoms with E-state index in [0.717, 1.165) is 39.3 Å². The maximum absolute atomic E-state index is 5.45. The minimum Gasteiger partial charge on any atom is -0.329 e. The normalized spacial score (nSPS) is 12.4. The monoisotopic (exact) mass is 245 g/mol. The maximum atomic E-state index is 5.45. The van der Waals surface area contributed by atoms with Crippen LogP contribution in [0.1, 0.15) is 20.8 Å². The van der Waals surface area contributed by atoms with Gasteiger partial charge in [-0.25, -0.2) is 0 Å². The lowest BCUT2D eigenvalue weighted by Crippen LogP contribution is -2.48. The summed E-state index contributed by atoms with van der Waals surface area (Å²) >= 11 is 0. The molecular weight excluding hydrogens is 214 g/mol. The van der Waals surface area contributed by atoms with E-state index in [9.17, 15) is 0 Å². The van der Waals surface area contributed by atoms with Gasteiger partial charge in [0.25, 0.3) is 0 Å². The van der Waals surface area contributed by atoms with Crippen molar-refractivity contribution in [3.8, 4) is 0 Å². The van der Waals surface area contributed by atoms with Crippen LogP contribution in [-0.4, -0.2) is 62.8 Å². The molecule has 0 aromatic rings. The van der Waals surface area contributed by atoms with Crippen LogP contribution in [-0.2, 0) is 0 Å². The Bertz CT molecular complexity index is 155. The molecule has 0 aromatic heterocycles. The average Bonchev–Trinajstić information content (AvgIpc) is 2.25. The first-order valence-corrected chi connectivity index (χ1v) is 6.59. The van der Waals surface area contributed by atoms with Crippen molar-refractivity contribution in [3.05, 3.63) is 0 Å². The van der Waals surface area contributed by atoms with Crippen molar-refractivity contribution in [2.45, 2.75) is 26.3 Å². The lowest BCUT2D eigenvalue weighted by Gasteiger charge is -2.35. The summed E-state index contributed by atoms with van der Waals surface area (Å²) in [6, 6.07) is 0. The SMILES string of the molecule is CC(C)(C)N(CCNCCN)CCNCCN. The van der Waals surface area contributed by atoms with Crippen LogP contribution in [0.2, 0.25) is 0 Å². The van der Waals surface area contributed by atoms with Gasteiger partial charge in [0.05, 0.1) is 0 Å². The topological polar surface area (TPSA) is 79.3 Å². The summed E-state index contributed by atoms with van der Waals surface area (Å²) in [5.41, 5.74) is 11.1. The van der Waals surface area contributed by atoms with Gasteiger partial charge in [0.1, 0.15) is 0 Å². The molecule has 0 saturated heterocycles. The molecule has 6 N–H and O–H groups in total. The third-order valence-electron chi connectivity index (χ3n) is 2.71. The predicted molar refractivity (Wildman–Crippen MR) is 75.2 cm³/mol. The largest absolute Gasteiger partial charge is 0.329 e. The van der Waals surface area contributed by atoms with E-state index in [4.69, 9.17) is 11.5 Å². The highest BCUT2D eigenvalue weighted by molar-refractivity contribution is 4.77. The van der Waals surface area contributed by atoms with Crippen LogP contribution in [0.5, 0.6) is 0 Å². The van der Waals surface area contributed by atoms with E-state index in [1.54, 1.807) is 0 Å².